The quantitative estimate of drug-likeness (QED) is 0.0356. The molecule has 0 saturated carbocycles. The normalized spacial score (nSPS) is 18.8. The first kappa shape index (κ1) is 51.4. The molecule has 21 heteroatoms. The van der Waals surface area contributed by atoms with Gasteiger partial charge in [-0.25, -0.2) is 4.39 Å². The number of ether oxygens (including phenoxy) is 4. The second-order valence-corrected chi connectivity index (χ2v) is 18.8. The Kier molecular flexibility index (Phi) is 17.8. The lowest BCUT2D eigenvalue weighted by Gasteiger charge is -2.44. The summed E-state index contributed by atoms with van der Waals surface area (Å²) in [5.41, 5.74) is 8.50. The van der Waals surface area contributed by atoms with Crippen molar-refractivity contribution in [2.45, 2.75) is 75.7 Å². The summed E-state index contributed by atoms with van der Waals surface area (Å²) in [6, 6.07) is 15.6. The van der Waals surface area contributed by atoms with E-state index in [-0.39, 0.29) is 69.1 Å². The SMILES string of the molecule is CC(Oc1cc(C(=O)Nc2ccc(C(=O)N3C[C@@H](C)N(CCCOCCOCCOCCSc4cccc5c4CN(C4CCC(=O)NC4=O)C5=O)[C@@H](C)C3)cc2)nnc1N)c1c(Cl)ccc(F)c1Cl. The fourth-order valence-corrected chi connectivity index (χ4v) is 10.2. The van der Waals surface area contributed by atoms with Crippen molar-refractivity contribution in [3.05, 3.63) is 104 Å². The zero-order valence-electron chi connectivity index (χ0n) is 38.5. The number of aromatic nitrogens is 2. The number of rotatable bonds is 21. The minimum Gasteiger partial charge on any atom is -0.482 e. The maximum atomic E-state index is 14.1. The van der Waals surface area contributed by atoms with Crippen molar-refractivity contribution in [3.8, 4) is 5.75 Å². The highest BCUT2D eigenvalue weighted by Crippen LogP contribution is 2.37. The van der Waals surface area contributed by atoms with E-state index < -0.39 is 29.8 Å². The van der Waals surface area contributed by atoms with Crippen LogP contribution in [-0.4, -0.2) is 138 Å². The zero-order valence-corrected chi connectivity index (χ0v) is 40.8. The van der Waals surface area contributed by atoms with Crippen molar-refractivity contribution in [1.82, 2.24) is 30.2 Å². The van der Waals surface area contributed by atoms with Gasteiger partial charge in [0.15, 0.2) is 17.3 Å². The summed E-state index contributed by atoms with van der Waals surface area (Å²) in [5.74, 6) is -1.65. The molecule has 2 fully saturated rings. The maximum absolute atomic E-state index is 14.1. The lowest BCUT2D eigenvalue weighted by atomic mass is 10.0. The highest BCUT2D eigenvalue weighted by Gasteiger charge is 2.40. The number of hydrogen-bond acceptors (Lipinski definition) is 14. The number of amides is 5. The molecule has 3 aromatic carbocycles. The molecule has 1 aromatic heterocycles. The predicted octanol–water partition coefficient (Wildman–Crippen LogP) is 6.43. The number of anilines is 2. The number of carbonyl (C=O) groups excluding carboxylic acids is 5. The number of benzene rings is 3. The van der Waals surface area contributed by atoms with Gasteiger partial charge in [0.2, 0.25) is 11.8 Å². The Bertz CT molecular complexity index is 2520. The van der Waals surface area contributed by atoms with Crippen LogP contribution in [0, 0.1) is 5.82 Å². The number of carbonyl (C=O) groups is 5. The van der Waals surface area contributed by atoms with Gasteiger partial charge in [0.1, 0.15) is 18.0 Å². The molecule has 2 unspecified atom stereocenters. The van der Waals surface area contributed by atoms with Crippen molar-refractivity contribution in [2.24, 2.45) is 0 Å². The van der Waals surface area contributed by atoms with Crippen LogP contribution in [0.2, 0.25) is 10.0 Å². The Labute approximate surface area is 413 Å². The molecule has 7 rings (SSSR count). The highest BCUT2D eigenvalue weighted by atomic mass is 35.5. The molecular weight excluding hydrogens is 955 g/mol. The fourth-order valence-electron chi connectivity index (χ4n) is 8.59. The minimum atomic E-state index is -0.839. The van der Waals surface area contributed by atoms with Crippen LogP contribution in [0.25, 0.3) is 0 Å². The fraction of sp³-hybridized carbons (Fsp3) is 0.438. The van der Waals surface area contributed by atoms with Crippen LogP contribution in [0.3, 0.4) is 0 Å². The molecule has 0 spiro atoms. The molecule has 3 aliphatic heterocycles. The second-order valence-electron chi connectivity index (χ2n) is 16.9. The van der Waals surface area contributed by atoms with Crippen LogP contribution in [-0.2, 0) is 30.3 Å². The van der Waals surface area contributed by atoms with E-state index in [0.717, 1.165) is 29.5 Å². The largest absolute Gasteiger partial charge is 0.482 e. The standard InChI is InChI=1S/C48H55Cl2FN8O9S/c1-28-25-57(47(63)31-8-10-32(11-9-31)53-45(61)37-24-39(44(52)56-55-37)68-30(3)42-35(49)12-13-36(51)43(42)50)26-29(2)58(28)16-5-17-65-18-19-66-20-21-67-22-23-69-40-7-4-6-33-34(40)27-59(48(33)64)38-14-15-41(60)54-46(38)62/h4,6-13,24,28-30,38H,5,14-23,25-27H2,1-3H3,(H2,52,56)(H,53,61)(H,54,60,62)/t28-,29+,30?,38?. The highest BCUT2D eigenvalue weighted by molar-refractivity contribution is 7.99. The van der Waals surface area contributed by atoms with Crippen LogP contribution in [0.5, 0.6) is 5.75 Å². The zero-order chi connectivity index (χ0) is 49.2. The van der Waals surface area contributed by atoms with Crippen LogP contribution < -0.4 is 21.1 Å². The van der Waals surface area contributed by atoms with E-state index in [9.17, 15) is 28.4 Å². The third kappa shape index (κ3) is 12.9. The van der Waals surface area contributed by atoms with Gasteiger partial charge >= 0.3 is 0 Å². The monoisotopic (exact) mass is 1010 g/mol. The summed E-state index contributed by atoms with van der Waals surface area (Å²) < 4.78 is 37.3. The number of piperidine rings is 1. The average Bonchev–Trinajstić information content (AvgIpc) is 3.66. The first-order chi connectivity index (χ1) is 33.2. The summed E-state index contributed by atoms with van der Waals surface area (Å²) >= 11 is 14.0. The van der Waals surface area contributed by atoms with Gasteiger partial charge in [0.05, 0.1) is 38.1 Å². The molecule has 0 bridgehead atoms. The number of imide groups is 1. The topological polar surface area (TPSA) is 208 Å². The summed E-state index contributed by atoms with van der Waals surface area (Å²) in [6.45, 7) is 11.0. The number of nitrogen functional groups attached to an aromatic ring is 1. The van der Waals surface area contributed by atoms with Crippen LogP contribution in [0.1, 0.15) is 88.5 Å². The number of nitrogens with two attached hydrogens (primary N) is 1. The number of nitrogens with one attached hydrogen (secondary N) is 2. The van der Waals surface area contributed by atoms with Gasteiger partial charge in [0, 0.05) is 95.4 Å². The smallest absolute Gasteiger partial charge is 0.276 e. The summed E-state index contributed by atoms with van der Waals surface area (Å²) in [6.07, 6.45) is 0.541. The van der Waals surface area contributed by atoms with E-state index in [2.05, 4.69) is 39.6 Å². The Morgan fingerprint density at radius 2 is 1.64 bits per heavy atom. The summed E-state index contributed by atoms with van der Waals surface area (Å²) in [7, 11) is 0. The first-order valence-corrected chi connectivity index (χ1v) is 24.5. The van der Waals surface area contributed by atoms with Crippen LogP contribution in [0.4, 0.5) is 15.9 Å². The van der Waals surface area contributed by atoms with Gasteiger partial charge in [-0.1, -0.05) is 29.3 Å². The molecule has 17 nitrogen and oxygen atoms in total. The van der Waals surface area contributed by atoms with Gasteiger partial charge < -0.3 is 39.8 Å². The molecule has 69 heavy (non-hydrogen) atoms. The van der Waals surface area contributed by atoms with Gasteiger partial charge in [-0.3, -0.25) is 34.2 Å². The molecule has 3 aliphatic rings. The minimum absolute atomic E-state index is 0.0285. The van der Waals surface area contributed by atoms with Gasteiger partial charge in [-0.2, -0.15) is 0 Å². The molecule has 0 aliphatic carbocycles. The molecular formula is C48H55Cl2FN8O9S. The van der Waals surface area contributed by atoms with E-state index in [0.29, 0.717) is 88.3 Å². The molecule has 4 atom stereocenters. The number of fused-ring (bicyclic) bond motifs is 1. The first-order valence-electron chi connectivity index (χ1n) is 22.7. The lowest BCUT2D eigenvalue weighted by molar-refractivity contribution is -0.136. The third-order valence-electron chi connectivity index (χ3n) is 12.1. The van der Waals surface area contributed by atoms with Crippen molar-refractivity contribution in [1.29, 1.82) is 0 Å². The maximum Gasteiger partial charge on any atom is 0.276 e. The van der Waals surface area contributed by atoms with Crippen LogP contribution >= 0.6 is 35.0 Å². The van der Waals surface area contributed by atoms with Crippen molar-refractivity contribution < 1.29 is 47.3 Å². The Hall–Kier alpha value is -5.41. The third-order valence-corrected chi connectivity index (χ3v) is 13.8. The Morgan fingerprint density at radius 3 is 2.35 bits per heavy atom. The molecule has 5 amide bonds. The number of thioether (sulfide) groups is 1. The summed E-state index contributed by atoms with van der Waals surface area (Å²) in [5, 5.41) is 12.8. The van der Waals surface area contributed by atoms with E-state index in [1.54, 1.807) is 53.9 Å². The predicted molar refractivity (Wildman–Crippen MR) is 258 cm³/mol. The Balaban J connectivity index is 0.745. The van der Waals surface area contributed by atoms with E-state index in [1.807, 2.05) is 17.0 Å². The number of hydrogen-bond donors (Lipinski definition) is 3. The average molecular weight is 1010 g/mol. The molecule has 2 saturated heterocycles. The second kappa shape index (κ2) is 23.9. The van der Waals surface area contributed by atoms with E-state index in [4.69, 9.17) is 47.9 Å². The molecule has 368 valence electrons. The number of nitrogens with zero attached hydrogens (tertiary/aromatic N) is 5. The van der Waals surface area contributed by atoms with Crippen molar-refractivity contribution in [3.63, 3.8) is 0 Å². The van der Waals surface area contributed by atoms with Gasteiger partial charge in [0.25, 0.3) is 17.7 Å². The Morgan fingerprint density at radius 1 is 0.942 bits per heavy atom. The van der Waals surface area contributed by atoms with E-state index in [1.165, 1.54) is 12.1 Å². The van der Waals surface area contributed by atoms with Gasteiger partial charge in [-0.15, -0.1) is 22.0 Å². The molecule has 4 N–H and O–H groups in total. The summed E-state index contributed by atoms with van der Waals surface area (Å²) in [4.78, 5) is 70.6. The number of halogens is 3. The lowest BCUT2D eigenvalue weighted by Crippen LogP contribution is -2.58. The molecule has 4 aromatic rings. The van der Waals surface area contributed by atoms with Crippen molar-refractivity contribution in [2.75, 3.05) is 76.1 Å². The van der Waals surface area contributed by atoms with Crippen molar-refractivity contribution >= 4 is 76.0 Å². The number of piperazine rings is 1. The van der Waals surface area contributed by atoms with Gasteiger partial charge in [-0.05, 0) is 87.7 Å². The van der Waals surface area contributed by atoms with Crippen LogP contribution in [0.15, 0.2) is 65.6 Å². The van der Waals surface area contributed by atoms with E-state index >= 15 is 0 Å². The molecule has 4 heterocycles. The molecule has 0 radical (unpaired) electrons.